The lowest BCUT2D eigenvalue weighted by Crippen LogP contribution is -2.48. The first kappa shape index (κ1) is 18.8. The Balaban J connectivity index is 3.06. The fourth-order valence-electron chi connectivity index (χ4n) is 2.25. The van der Waals surface area contributed by atoms with Crippen LogP contribution in [-0.4, -0.2) is 29.3 Å². The summed E-state index contributed by atoms with van der Waals surface area (Å²) in [6.07, 6.45) is 0.879. The molecule has 0 saturated heterocycles. The van der Waals surface area contributed by atoms with Crippen LogP contribution in [0.3, 0.4) is 0 Å². The van der Waals surface area contributed by atoms with E-state index >= 15 is 0 Å². The van der Waals surface area contributed by atoms with E-state index in [2.05, 4.69) is 5.32 Å². The topological polar surface area (TPSA) is 49.4 Å². The van der Waals surface area contributed by atoms with Crippen LogP contribution in [0.5, 0.6) is 0 Å². The number of likely N-dealkylation sites (N-methyl/N-ethyl adjacent to an activating group) is 1. The van der Waals surface area contributed by atoms with E-state index in [-0.39, 0.29) is 18.4 Å². The van der Waals surface area contributed by atoms with Crippen molar-refractivity contribution in [2.75, 3.05) is 6.54 Å². The second-order valence-electron chi connectivity index (χ2n) is 4.93. The van der Waals surface area contributed by atoms with Gasteiger partial charge < -0.3 is 10.2 Å². The summed E-state index contributed by atoms with van der Waals surface area (Å²) in [6.45, 7) is 6.35. The van der Waals surface area contributed by atoms with E-state index in [0.717, 1.165) is 5.56 Å². The lowest BCUT2D eigenvalue weighted by atomic mass is 10.1. The summed E-state index contributed by atoms with van der Waals surface area (Å²) in [4.78, 5) is 26.1. The van der Waals surface area contributed by atoms with E-state index in [4.69, 9.17) is 23.2 Å². The highest BCUT2D eigenvalue weighted by atomic mass is 35.5. The second-order valence-corrected chi connectivity index (χ2v) is 5.77. The average molecular weight is 345 g/mol. The number of benzene rings is 1. The van der Waals surface area contributed by atoms with Crippen LogP contribution >= 0.6 is 23.2 Å². The summed E-state index contributed by atoms with van der Waals surface area (Å²) in [5.41, 5.74) is 0.774. The largest absolute Gasteiger partial charge is 0.355 e. The van der Waals surface area contributed by atoms with Gasteiger partial charge in [0.25, 0.3) is 0 Å². The molecule has 1 atom stereocenters. The Morgan fingerprint density at radius 1 is 1.23 bits per heavy atom. The zero-order valence-electron chi connectivity index (χ0n) is 13.2. The van der Waals surface area contributed by atoms with Crippen molar-refractivity contribution in [1.29, 1.82) is 0 Å². The van der Waals surface area contributed by atoms with Gasteiger partial charge in [-0.1, -0.05) is 43.1 Å². The normalized spacial score (nSPS) is 11.9. The minimum Gasteiger partial charge on any atom is -0.355 e. The summed E-state index contributed by atoms with van der Waals surface area (Å²) < 4.78 is 0. The maximum absolute atomic E-state index is 12.3. The molecule has 0 spiro atoms. The van der Waals surface area contributed by atoms with E-state index < -0.39 is 6.04 Å². The smallest absolute Gasteiger partial charge is 0.242 e. The Morgan fingerprint density at radius 3 is 2.41 bits per heavy atom. The zero-order chi connectivity index (χ0) is 16.7. The number of carbonyl (C=O) groups excluding carboxylic acids is 2. The molecule has 0 aliphatic heterocycles. The molecule has 0 radical (unpaired) electrons. The molecule has 6 heteroatoms. The third-order valence-corrected chi connectivity index (χ3v) is 3.98. The molecule has 0 aromatic heterocycles. The van der Waals surface area contributed by atoms with Gasteiger partial charge >= 0.3 is 0 Å². The van der Waals surface area contributed by atoms with E-state index in [1.54, 1.807) is 30.0 Å². The van der Waals surface area contributed by atoms with Crippen molar-refractivity contribution in [3.05, 3.63) is 33.8 Å². The Morgan fingerprint density at radius 2 is 1.91 bits per heavy atom. The van der Waals surface area contributed by atoms with Crippen molar-refractivity contribution in [1.82, 2.24) is 10.2 Å². The molecule has 122 valence electrons. The minimum absolute atomic E-state index is 0.0795. The molecule has 1 aromatic rings. The van der Waals surface area contributed by atoms with Gasteiger partial charge in [0.15, 0.2) is 0 Å². The Kier molecular flexibility index (Phi) is 7.69. The summed E-state index contributed by atoms with van der Waals surface area (Å²) in [6, 6.07) is 4.65. The molecule has 2 amide bonds. The fraction of sp³-hybridized carbons (Fsp3) is 0.500. The quantitative estimate of drug-likeness (QED) is 0.820. The lowest BCUT2D eigenvalue weighted by Gasteiger charge is -2.30. The predicted octanol–water partition coefficient (Wildman–Crippen LogP) is 3.65. The van der Waals surface area contributed by atoms with E-state index in [0.29, 0.717) is 29.4 Å². The summed E-state index contributed by atoms with van der Waals surface area (Å²) >= 11 is 12.1. The minimum atomic E-state index is -0.501. The van der Waals surface area contributed by atoms with Crippen LogP contribution < -0.4 is 5.32 Å². The van der Waals surface area contributed by atoms with Crippen LogP contribution in [0, 0.1) is 0 Å². The number of carbonyl (C=O) groups is 2. The maximum atomic E-state index is 12.3. The highest BCUT2D eigenvalue weighted by molar-refractivity contribution is 6.35. The van der Waals surface area contributed by atoms with Gasteiger partial charge in [0.05, 0.1) is 0 Å². The first-order chi connectivity index (χ1) is 10.4. The Labute approximate surface area is 141 Å². The number of nitrogens with zero attached hydrogens (tertiary/aromatic N) is 1. The molecule has 0 aliphatic rings. The van der Waals surface area contributed by atoms with Crippen molar-refractivity contribution in [2.45, 2.75) is 46.2 Å². The monoisotopic (exact) mass is 344 g/mol. The van der Waals surface area contributed by atoms with Gasteiger partial charge in [0.2, 0.25) is 11.8 Å². The number of nitrogens with one attached hydrogen (secondary N) is 1. The SMILES string of the molecule is CCNC(=O)[C@H](CC)N(Cc1ccc(Cl)cc1Cl)C(=O)CC. The molecule has 0 fully saturated rings. The van der Waals surface area contributed by atoms with Crippen molar-refractivity contribution in [3.63, 3.8) is 0 Å². The van der Waals surface area contributed by atoms with Gasteiger partial charge in [-0.3, -0.25) is 9.59 Å². The molecule has 1 aromatic carbocycles. The molecule has 1 N–H and O–H groups in total. The molecular formula is C16H22Cl2N2O2. The highest BCUT2D eigenvalue weighted by Gasteiger charge is 2.27. The summed E-state index contributed by atoms with van der Waals surface area (Å²) in [7, 11) is 0. The van der Waals surface area contributed by atoms with Crippen LogP contribution in [-0.2, 0) is 16.1 Å². The molecular weight excluding hydrogens is 323 g/mol. The Hall–Kier alpha value is -1.26. The van der Waals surface area contributed by atoms with Crippen LogP contribution in [0.15, 0.2) is 18.2 Å². The van der Waals surface area contributed by atoms with Crippen molar-refractivity contribution in [2.24, 2.45) is 0 Å². The van der Waals surface area contributed by atoms with Crippen LogP contribution in [0.25, 0.3) is 0 Å². The summed E-state index contributed by atoms with van der Waals surface area (Å²) in [5.74, 6) is -0.221. The van der Waals surface area contributed by atoms with Gasteiger partial charge in [-0.15, -0.1) is 0 Å². The molecule has 1 rings (SSSR count). The number of halogens is 2. The van der Waals surface area contributed by atoms with Crippen LogP contribution in [0.4, 0.5) is 0 Å². The summed E-state index contributed by atoms with van der Waals surface area (Å²) in [5, 5.41) is 3.81. The third-order valence-electron chi connectivity index (χ3n) is 3.40. The fourth-order valence-corrected chi connectivity index (χ4v) is 2.72. The zero-order valence-corrected chi connectivity index (χ0v) is 14.7. The van der Waals surface area contributed by atoms with E-state index in [1.165, 1.54) is 0 Å². The standard InChI is InChI=1S/C16H22Cl2N2O2/c1-4-14(16(22)19-6-3)20(15(21)5-2)10-11-7-8-12(17)9-13(11)18/h7-9,14H,4-6,10H2,1-3H3,(H,19,22)/t14-/m0/s1. The molecule has 22 heavy (non-hydrogen) atoms. The van der Waals surface area contributed by atoms with Gasteiger partial charge in [-0.05, 0) is 31.0 Å². The third kappa shape index (κ3) is 4.89. The van der Waals surface area contributed by atoms with Crippen LogP contribution in [0.1, 0.15) is 39.2 Å². The van der Waals surface area contributed by atoms with E-state index in [1.807, 2.05) is 13.8 Å². The first-order valence-electron chi connectivity index (χ1n) is 7.45. The number of rotatable bonds is 7. The molecule has 0 aliphatic carbocycles. The molecule has 0 heterocycles. The lowest BCUT2D eigenvalue weighted by molar-refractivity contribution is -0.141. The average Bonchev–Trinajstić information content (AvgIpc) is 2.48. The van der Waals surface area contributed by atoms with Gasteiger partial charge in [0.1, 0.15) is 6.04 Å². The maximum Gasteiger partial charge on any atom is 0.242 e. The molecule has 0 bridgehead atoms. The molecule has 4 nitrogen and oxygen atoms in total. The number of hydrogen-bond acceptors (Lipinski definition) is 2. The Bertz CT molecular complexity index is 535. The van der Waals surface area contributed by atoms with Crippen molar-refractivity contribution < 1.29 is 9.59 Å². The second kappa shape index (κ2) is 9.01. The first-order valence-corrected chi connectivity index (χ1v) is 8.21. The number of amides is 2. The van der Waals surface area contributed by atoms with E-state index in [9.17, 15) is 9.59 Å². The van der Waals surface area contributed by atoms with Crippen LogP contribution in [0.2, 0.25) is 10.0 Å². The highest BCUT2D eigenvalue weighted by Crippen LogP contribution is 2.23. The number of hydrogen-bond donors (Lipinski definition) is 1. The molecule has 0 saturated carbocycles. The predicted molar refractivity (Wildman–Crippen MR) is 90.1 cm³/mol. The van der Waals surface area contributed by atoms with Crippen molar-refractivity contribution in [3.8, 4) is 0 Å². The van der Waals surface area contributed by atoms with Crippen molar-refractivity contribution >= 4 is 35.0 Å². The van der Waals surface area contributed by atoms with Gasteiger partial charge in [-0.25, -0.2) is 0 Å². The van der Waals surface area contributed by atoms with Gasteiger partial charge in [0, 0.05) is 29.6 Å². The molecule has 0 unspecified atom stereocenters. The van der Waals surface area contributed by atoms with Gasteiger partial charge in [-0.2, -0.15) is 0 Å².